The highest BCUT2D eigenvalue weighted by atomic mass is 32.1. The Bertz CT molecular complexity index is 385. The van der Waals surface area contributed by atoms with E-state index in [0.717, 1.165) is 5.56 Å². The van der Waals surface area contributed by atoms with Gasteiger partial charge in [-0.2, -0.15) is 5.10 Å². The van der Waals surface area contributed by atoms with Crippen LogP contribution in [0.5, 0.6) is 0 Å². The van der Waals surface area contributed by atoms with Crippen LogP contribution in [0.4, 0.5) is 0 Å². The molecule has 0 atom stereocenters. The van der Waals surface area contributed by atoms with Crippen LogP contribution >= 0.6 is 12.2 Å². The largest absolute Gasteiger partial charge is 0.364 e. The molecule has 2 N–H and O–H groups in total. The molecular weight excluding hydrogens is 206 g/mol. The average Bonchev–Trinajstić information content (AvgIpc) is 2.23. The predicted molar refractivity (Wildman–Crippen MR) is 68.3 cm³/mol. The summed E-state index contributed by atoms with van der Waals surface area (Å²) in [7, 11) is 1.75. The first-order chi connectivity index (χ1) is 7.13. The molecule has 15 heavy (non-hydrogen) atoms. The normalized spacial score (nSPS) is 10.3. The summed E-state index contributed by atoms with van der Waals surface area (Å²) in [5, 5.41) is 7.33. The topological polar surface area (TPSA) is 36.4 Å². The van der Waals surface area contributed by atoms with Crippen molar-refractivity contribution in [3.05, 3.63) is 34.9 Å². The standard InChI is InChI=1S/C11H15N3S/c1-8-4-5-9(2)10(6-8)7-13-14-11(15)12-3/h4-7H,1-3H3,(H2,12,14,15)/b13-7-. The van der Waals surface area contributed by atoms with E-state index in [4.69, 9.17) is 12.2 Å². The van der Waals surface area contributed by atoms with Crippen molar-refractivity contribution in [3.8, 4) is 0 Å². The predicted octanol–water partition coefficient (Wildman–Crippen LogP) is 1.73. The lowest BCUT2D eigenvalue weighted by Crippen LogP contribution is -2.28. The fourth-order valence-electron chi connectivity index (χ4n) is 1.12. The summed E-state index contributed by atoms with van der Waals surface area (Å²) >= 11 is 4.89. The van der Waals surface area contributed by atoms with Crippen molar-refractivity contribution in [2.75, 3.05) is 7.05 Å². The van der Waals surface area contributed by atoms with E-state index in [2.05, 4.69) is 47.9 Å². The summed E-state index contributed by atoms with van der Waals surface area (Å²) in [4.78, 5) is 0. The molecule has 3 nitrogen and oxygen atoms in total. The van der Waals surface area contributed by atoms with Crippen LogP contribution in [0.25, 0.3) is 0 Å². The number of nitrogens with zero attached hydrogens (tertiary/aromatic N) is 1. The summed E-state index contributed by atoms with van der Waals surface area (Å²) in [5.74, 6) is 0. The van der Waals surface area contributed by atoms with E-state index in [1.165, 1.54) is 11.1 Å². The molecular formula is C11H15N3S. The zero-order valence-corrected chi connectivity index (χ0v) is 9.98. The molecule has 1 rings (SSSR count). The molecule has 0 aliphatic heterocycles. The third kappa shape index (κ3) is 3.67. The van der Waals surface area contributed by atoms with Crippen LogP contribution in [0.3, 0.4) is 0 Å². The van der Waals surface area contributed by atoms with Gasteiger partial charge in [0.05, 0.1) is 6.21 Å². The van der Waals surface area contributed by atoms with E-state index in [1.807, 2.05) is 0 Å². The first-order valence-electron chi connectivity index (χ1n) is 4.71. The highest BCUT2D eigenvalue weighted by molar-refractivity contribution is 7.80. The molecule has 4 heteroatoms. The summed E-state index contributed by atoms with van der Waals surface area (Å²) in [6.45, 7) is 4.11. The maximum atomic E-state index is 4.89. The number of rotatable bonds is 2. The molecule has 80 valence electrons. The molecule has 1 aromatic carbocycles. The van der Waals surface area contributed by atoms with Gasteiger partial charge in [-0.1, -0.05) is 23.8 Å². The van der Waals surface area contributed by atoms with Crippen LogP contribution < -0.4 is 10.7 Å². The molecule has 0 unspecified atom stereocenters. The lowest BCUT2D eigenvalue weighted by Gasteiger charge is -2.02. The van der Waals surface area contributed by atoms with Crippen molar-refractivity contribution < 1.29 is 0 Å². The zero-order chi connectivity index (χ0) is 11.3. The molecule has 0 aliphatic rings. The summed E-state index contributed by atoms with van der Waals surface area (Å²) < 4.78 is 0. The van der Waals surface area contributed by atoms with Gasteiger partial charge in [0.15, 0.2) is 5.11 Å². The second-order valence-corrected chi connectivity index (χ2v) is 3.72. The van der Waals surface area contributed by atoms with Gasteiger partial charge in [0.2, 0.25) is 0 Å². The third-order valence-electron chi connectivity index (χ3n) is 2.03. The summed E-state index contributed by atoms with van der Waals surface area (Å²) in [5.41, 5.74) is 6.23. The Morgan fingerprint density at radius 3 is 2.80 bits per heavy atom. The first kappa shape index (κ1) is 11.7. The maximum absolute atomic E-state index is 4.89. The van der Waals surface area contributed by atoms with Gasteiger partial charge in [-0.3, -0.25) is 5.43 Å². The number of nitrogens with one attached hydrogen (secondary N) is 2. The van der Waals surface area contributed by atoms with Crippen molar-refractivity contribution >= 4 is 23.5 Å². The Labute approximate surface area is 95.6 Å². The lowest BCUT2D eigenvalue weighted by atomic mass is 10.1. The molecule has 0 radical (unpaired) electrons. The minimum Gasteiger partial charge on any atom is -0.364 e. The number of aryl methyl sites for hydroxylation is 2. The third-order valence-corrected chi connectivity index (χ3v) is 2.33. The molecule has 0 amide bonds. The molecule has 0 fully saturated rings. The SMILES string of the molecule is CNC(=S)N/N=C\c1cc(C)ccc1C. The molecule has 0 spiro atoms. The molecule has 0 heterocycles. The van der Waals surface area contributed by atoms with Gasteiger partial charge >= 0.3 is 0 Å². The quantitative estimate of drug-likeness (QED) is 0.453. The average molecular weight is 221 g/mol. The smallest absolute Gasteiger partial charge is 0.186 e. The second kappa shape index (κ2) is 5.46. The fourth-order valence-corrected chi connectivity index (χ4v) is 1.17. The van der Waals surface area contributed by atoms with E-state index in [-0.39, 0.29) is 0 Å². The minimum absolute atomic E-state index is 0.511. The van der Waals surface area contributed by atoms with Crippen LogP contribution in [0.2, 0.25) is 0 Å². The molecule has 0 saturated heterocycles. The fraction of sp³-hybridized carbons (Fsp3) is 0.273. The number of thiocarbonyl (C=S) groups is 1. The van der Waals surface area contributed by atoms with Crippen LogP contribution in [0, 0.1) is 13.8 Å². The van der Waals surface area contributed by atoms with Crippen LogP contribution in [-0.4, -0.2) is 18.4 Å². The van der Waals surface area contributed by atoms with Crippen molar-refractivity contribution in [2.24, 2.45) is 5.10 Å². The lowest BCUT2D eigenvalue weighted by molar-refractivity contribution is 0.981. The zero-order valence-electron chi connectivity index (χ0n) is 9.16. The van der Waals surface area contributed by atoms with Crippen molar-refractivity contribution in [1.29, 1.82) is 0 Å². The monoisotopic (exact) mass is 221 g/mol. The Morgan fingerprint density at radius 2 is 2.13 bits per heavy atom. The molecule has 0 aromatic heterocycles. The minimum atomic E-state index is 0.511. The Hall–Kier alpha value is -1.42. The van der Waals surface area contributed by atoms with E-state index in [1.54, 1.807) is 13.3 Å². The maximum Gasteiger partial charge on any atom is 0.186 e. The Kier molecular flexibility index (Phi) is 4.24. The Morgan fingerprint density at radius 1 is 1.40 bits per heavy atom. The highest BCUT2D eigenvalue weighted by Gasteiger charge is 1.94. The van der Waals surface area contributed by atoms with E-state index < -0.39 is 0 Å². The summed E-state index contributed by atoms with van der Waals surface area (Å²) in [6, 6.07) is 6.24. The number of hydrogen-bond donors (Lipinski definition) is 2. The van der Waals surface area contributed by atoms with Crippen LogP contribution in [0.1, 0.15) is 16.7 Å². The molecule has 1 aromatic rings. The van der Waals surface area contributed by atoms with Crippen LogP contribution in [-0.2, 0) is 0 Å². The number of hydrogen-bond acceptors (Lipinski definition) is 2. The molecule has 0 aliphatic carbocycles. The first-order valence-corrected chi connectivity index (χ1v) is 5.12. The number of hydrazone groups is 1. The van der Waals surface area contributed by atoms with Gasteiger partial charge in [-0.15, -0.1) is 0 Å². The van der Waals surface area contributed by atoms with Gasteiger partial charge in [0, 0.05) is 7.05 Å². The second-order valence-electron chi connectivity index (χ2n) is 3.31. The van der Waals surface area contributed by atoms with Crippen molar-refractivity contribution in [2.45, 2.75) is 13.8 Å². The van der Waals surface area contributed by atoms with Gasteiger partial charge in [-0.25, -0.2) is 0 Å². The van der Waals surface area contributed by atoms with Gasteiger partial charge in [-0.05, 0) is 37.2 Å². The Balaban J connectivity index is 2.71. The molecule has 0 bridgehead atoms. The van der Waals surface area contributed by atoms with Gasteiger partial charge in [0.1, 0.15) is 0 Å². The van der Waals surface area contributed by atoms with Crippen LogP contribution in [0.15, 0.2) is 23.3 Å². The number of benzene rings is 1. The van der Waals surface area contributed by atoms with Gasteiger partial charge in [0.25, 0.3) is 0 Å². The molecule has 0 saturated carbocycles. The van der Waals surface area contributed by atoms with Crippen molar-refractivity contribution in [1.82, 2.24) is 10.7 Å². The van der Waals surface area contributed by atoms with E-state index in [0.29, 0.717) is 5.11 Å². The van der Waals surface area contributed by atoms with Crippen molar-refractivity contribution in [3.63, 3.8) is 0 Å². The van der Waals surface area contributed by atoms with E-state index in [9.17, 15) is 0 Å². The highest BCUT2D eigenvalue weighted by Crippen LogP contribution is 2.07. The van der Waals surface area contributed by atoms with E-state index >= 15 is 0 Å². The summed E-state index contributed by atoms with van der Waals surface area (Å²) in [6.07, 6.45) is 1.77. The van der Waals surface area contributed by atoms with Gasteiger partial charge < -0.3 is 5.32 Å².